The maximum atomic E-state index is 12.7. The minimum absolute atomic E-state index is 0.0460. The van der Waals surface area contributed by atoms with Gasteiger partial charge in [-0.2, -0.15) is 0 Å². The number of hydrogen-bond donors (Lipinski definition) is 3. The van der Waals surface area contributed by atoms with Gasteiger partial charge in [-0.25, -0.2) is 4.57 Å². The van der Waals surface area contributed by atoms with E-state index in [1.165, 1.54) is 161 Å². The Balaban J connectivity index is 4.07. The van der Waals surface area contributed by atoms with Gasteiger partial charge in [0.15, 0.2) is 0 Å². The zero-order valence-electron chi connectivity index (χ0n) is 38.9. The lowest BCUT2D eigenvalue weighted by molar-refractivity contribution is -0.154. The molecule has 0 aromatic carbocycles. The fourth-order valence-corrected chi connectivity index (χ4v) is 7.76. The SMILES string of the molecule is CCCCCCC/C=C\C/C=C\CCCCCCCCCCCCCC(=O)OC(COCCCCCCCC/C=C\CCCCCCCC)COP(=O)(O)OCC(O)CO. The fraction of sp³-hybridized carbons (Fsp3) is 0.860. The number of ether oxygens (including phenoxy) is 2. The number of hydrogen-bond acceptors (Lipinski definition) is 8. The average Bonchev–Trinajstić information content (AvgIpc) is 3.24. The first kappa shape index (κ1) is 58.7. The zero-order chi connectivity index (χ0) is 43.9. The molecule has 3 unspecified atom stereocenters. The van der Waals surface area contributed by atoms with Gasteiger partial charge in [0.05, 0.1) is 26.4 Å². The number of carbonyl (C=O) groups excluding carboxylic acids is 1. The van der Waals surface area contributed by atoms with Crippen LogP contribution in [0.4, 0.5) is 0 Å². The monoisotopic (exact) mass is 871 g/mol. The van der Waals surface area contributed by atoms with E-state index in [0.717, 1.165) is 51.4 Å². The normalized spacial score (nSPS) is 14.2. The van der Waals surface area contributed by atoms with Crippen molar-refractivity contribution in [3.63, 3.8) is 0 Å². The second-order valence-electron chi connectivity index (χ2n) is 16.8. The molecule has 0 aromatic heterocycles. The molecular weight excluding hydrogens is 776 g/mol. The maximum absolute atomic E-state index is 12.7. The Bertz CT molecular complexity index is 1030. The summed E-state index contributed by atoms with van der Waals surface area (Å²) in [5.74, 6) is -0.385. The minimum Gasteiger partial charge on any atom is -0.457 e. The molecule has 3 N–H and O–H groups in total. The smallest absolute Gasteiger partial charge is 0.457 e. The molecule has 9 nitrogen and oxygen atoms in total. The number of carbonyl (C=O) groups is 1. The number of aliphatic hydroxyl groups excluding tert-OH is 2. The molecule has 3 atom stereocenters. The van der Waals surface area contributed by atoms with Crippen LogP contribution in [-0.2, 0) is 27.9 Å². The van der Waals surface area contributed by atoms with E-state index in [1.807, 2.05) is 0 Å². The van der Waals surface area contributed by atoms with Crippen molar-refractivity contribution < 1.29 is 43.0 Å². The number of phosphoric acid groups is 1. The molecule has 0 aliphatic heterocycles. The molecule has 0 saturated carbocycles. The van der Waals surface area contributed by atoms with Crippen LogP contribution in [0.2, 0.25) is 0 Å². The molecule has 0 aromatic rings. The quantitative estimate of drug-likeness (QED) is 0.0237. The molecule has 10 heteroatoms. The van der Waals surface area contributed by atoms with E-state index in [1.54, 1.807) is 0 Å². The lowest BCUT2D eigenvalue weighted by Crippen LogP contribution is -2.29. The molecule has 0 spiro atoms. The molecule has 354 valence electrons. The molecule has 0 radical (unpaired) electrons. The first-order valence-electron chi connectivity index (χ1n) is 25.0. The first-order chi connectivity index (χ1) is 29.3. The summed E-state index contributed by atoms with van der Waals surface area (Å²) >= 11 is 0. The van der Waals surface area contributed by atoms with Crippen molar-refractivity contribution in [3.05, 3.63) is 36.5 Å². The van der Waals surface area contributed by atoms with Gasteiger partial charge in [0.2, 0.25) is 0 Å². The van der Waals surface area contributed by atoms with Crippen LogP contribution < -0.4 is 0 Å². The summed E-state index contributed by atoms with van der Waals surface area (Å²) in [5, 5.41) is 18.4. The van der Waals surface area contributed by atoms with Gasteiger partial charge in [-0.1, -0.05) is 192 Å². The number of unbranched alkanes of at least 4 members (excludes halogenated alkanes) is 28. The molecule has 0 fully saturated rings. The average molecular weight is 871 g/mol. The summed E-state index contributed by atoms with van der Waals surface area (Å²) in [6, 6.07) is 0. The van der Waals surface area contributed by atoms with E-state index in [4.69, 9.17) is 23.6 Å². The molecule has 0 amide bonds. The van der Waals surface area contributed by atoms with Crippen molar-refractivity contribution in [1.82, 2.24) is 0 Å². The molecular formula is C50H95O9P. The number of esters is 1. The standard InChI is InChI=1S/C50H95O9P/c1-3-5-7-9-11-13-15-17-19-21-22-23-24-25-26-27-28-30-32-34-36-38-40-42-50(53)59-49(47-58-60(54,55)57-45-48(52)44-51)46-56-43-41-39-37-35-33-31-29-20-18-16-14-12-10-8-6-4-2/h15,17-18,20-22,48-49,51-52H,3-14,16,19,23-47H2,1-2H3,(H,54,55)/b17-15-,20-18-,22-21-. The van der Waals surface area contributed by atoms with Gasteiger partial charge < -0.3 is 24.6 Å². The zero-order valence-corrected chi connectivity index (χ0v) is 39.8. The van der Waals surface area contributed by atoms with Gasteiger partial charge in [0.25, 0.3) is 0 Å². The van der Waals surface area contributed by atoms with Gasteiger partial charge in [0.1, 0.15) is 12.2 Å². The van der Waals surface area contributed by atoms with Crippen molar-refractivity contribution in [2.24, 2.45) is 0 Å². The summed E-state index contributed by atoms with van der Waals surface area (Å²) in [6.07, 6.45) is 52.5. The van der Waals surface area contributed by atoms with Crippen LogP contribution in [-0.4, -0.2) is 66.3 Å². The van der Waals surface area contributed by atoms with E-state index in [0.29, 0.717) is 6.61 Å². The lowest BCUT2D eigenvalue weighted by atomic mass is 10.0. The number of rotatable bonds is 48. The lowest BCUT2D eigenvalue weighted by Gasteiger charge is -2.20. The summed E-state index contributed by atoms with van der Waals surface area (Å²) in [7, 11) is -4.52. The summed E-state index contributed by atoms with van der Waals surface area (Å²) in [5.41, 5.74) is 0. The summed E-state index contributed by atoms with van der Waals surface area (Å²) in [6.45, 7) is 3.52. The molecule has 0 bridgehead atoms. The highest BCUT2D eigenvalue weighted by molar-refractivity contribution is 7.47. The number of phosphoric ester groups is 1. The van der Waals surface area contributed by atoms with Crippen LogP contribution in [0.25, 0.3) is 0 Å². The van der Waals surface area contributed by atoms with E-state index in [9.17, 15) is 19.4 Å². The largest absolute Gasteiger partial charge is 0.472 e. The van der Waals surface area contributed by atoms with Crippen molar-refractivity contribution >= 4 is 13.8 Å². The van der Waals surface area contributed by atoms with Gasteiger partial charge in [0, 0.05) is 13.0 Å². The van der Waals surface area contributed by atoms with Crippen LogP contribution >= 0.6 is 7.82 Å². The predicted molar refractivity (Wildman–Crippen MR) is 251 cm³/mol. The van der Waals surface area contributed by atoms with Crippen molar-refractivity contribution in [1.29, 1.82) is 0 Å². The van der Waals surface area contributed by atoms with Crippen molar-refractivity contribution in [3.8, 4) is 0 Å². The Morgan fingerprint density at radius 1 is 0.517 bits per heavy atom. The second-order valence-corrected chi connectivity index (χ2v) is 18.3. The van der Waals surface area contributed by atoms with Gasteiger partial charge in [-0.05, 0) is 70.6 Å². The number of aliphatic hydroxyl groups is 2. The topological polar surface area (TPSA) is 132 Å². The molecule has 0 rings (SSSR count). The van der Waals surface area contributed by atoms with Crippen LogP contribution in [0.1, 0.15) is 232 Å². The third-order valence-electron chi connectivity index (χ3n) is 10.8. The Hall–Kier alpha value is -1.32. The van der Waals surface area contributed by atoms with E-state index in [2.05, 4.69) is 50.3 Å². The fourth-order valence-electron chi connectivity index (χ4n) is 6.97. The van der Waals surface area contributed by atoms with Crippen LogP contribution in [0, 0.1) is 0 Å². The van der Waals surface area contributed by atoms with E-state index in [-0.39, 0.29) is 25.6 Å². The summed E-state index contributed by atoms with van der Waals surface area (Å²) in [4.78, 5) is 22.7. The highest BCUT2D eigenvalue weighted by atomic mass is 31.2. The third-order valence-corrected chi connectivity index (χ3v) is 11.7. The summed E-state index contributed by atoms with van der Waals surface area (Å²) < 4.78 is 33.5. The molecule has 0 aliphatic rings. The minimum atomic E-state index is -4.52. The van der Waals surface area contributed by atoms with Crippen LogP contribution in [0.3, 0.4) is 0 Å². The first-order valence-corrected chi connectivity index (χ1v) is 26.5. The number of allylic oxidation sites excluding steroid dienone is 6. The highest BCUT2D eigenvalue weighted by Crippen LogP contribution is 2.43. The van der Waals surface area contributed by atoms with Crippen LogP contribution in [0.15, 0.2) is 36.5 Å². The van der Waals surface area contributed by atoms with Gasteiger partial charge in [-0.3, -0.25) is 13.8 Å². The highest BCUT2D eigenvalue weighted by Gasteiger charge is 2.26. The molecule has 60 heavy (non-hydrogen) atoms. The molecule has 0 heterocycles. The predicted octanol–water partition coefficient (Wildman–Crippen LogP) is 14.4. The van der Waals surface area contributed by atoms with E-state index < -0.39 is 33.2 Å². The van der Waals surface area contributed by atoms with Gasteiger partial charge in [-0.15, -0.1) is 0 Å². The Morgan fingerprint density at radius 2 is 0.900 bits per heavy atom. The Labute approximate surface area is 369 Å². The molecule has 0 aliphatic carbocycles. The third kappa shape index (κ3) is 46.2. The van der Waals surface area contributed by atoms with E-state index >= 15 is 0 Å². The Kier molecular flexibility index (Phi) is 46.1. The Morgan fingerprint density at radius 3 is 1.35 bits per heavy atom. The second kappa shape index (κ2) is 47.2. The van der Waals surface area contributed by atoms with Crippen molar-refractivity contribution in [2.45, 2.75) is 244 Å². The van der Waals surface area contributed by atoms with Gasteiger partial charge >= 0.3 is 13.8 Å². The van der Waals surface area contributed by atoms with Crippen molar-refractivity contribution in [2.75, 3.05) is 33.0 Å². The van der Waals surface area contributed by atoms with Crippen LogP contribution in [0.5, 0.6) is 0 Å². The maximum Gasteiger partial charge on any atom is 0.472 e. The molecule has 0 saturated heterocycles.